The molecule has 3 aliphatic rings. The van der Waals surface area contributed by atoms with E-state index in [1.807, 2.05) is 0 Å². The number of carbonyl (C=O) groups is 4. The number of hydrogen-bond acceptors (Lipinski definition) is 8. The van der Waals surface area contributed by atoms with Gasteiger partial charge in [0.25, 0.3) is 11.8 Å². The van der Waals surface area contributed by atoms with Crippen LogP contribution in [0, 0.1) is 5.92 Å². The average Bonchev–Trinajstić information content (AvgIpc) is 3.16. The lowest BCUT2D eigenvalue weighted by Crippen LogP contribution is -2.40. The van der Waals surface area contributed by atoms with Gasteiger partial charge in [0.15, 0.2) is 0 Å². The van der Waals surface area contributed by atoms with Gasteiger partial charge in [0.05, 0.1) is 54.7 Å². The van der Waals surface area contributed by atoms with Gasteiger partial charge in [-0.05, 0) is 49.6 Å². The Morgan fingerprint density at radius 2 is 1.70 bits per heavy atom. The molecule has 0 radical (unpaired) electrons. The molecule has 2 atom stereocenters. The van der Waals surface area contributed by atoms with Crippen molar-refractivity contribution in [1.82, 2.24) is 9.88 Å². The van der Waals surface area contributed by atoms with Crippen molar-refractivity contribution in [2.24, 2.45) is 10.9 Å². The van der Waals surface area contributed by atoms with Crippen molar-refractivity contribution in [2.45, 2.75) is 32.1 Å². The van der Waals surface area contributed by atoms with Gasteiger partial charge in [0.2, 0.25) is 0 Å². The summed E-state index contributed by atoms with van der Waals surface area (Å²) in [5, 5.41) is 0. The number of aromatic nitrogens is 1. The van der Waals surface area contributed by atoms with E-state index in [0.717, 1.165) is 16.2 Å². The van der Waals surface area contributed by atoms with E-state index < -0.39 is 17.8 Å². The van der Waals surface area contributed by atoms with Crippen molar-refractivity contribution in [3.63, 3.8) is 0 Å². The van der Waals surface area contributed by atoms with E-state index in [9.17, 15) is 19.2 Å². The van der Waals surface area contributed by atoms with Crippen LogP contribution in [0.5, 0.6) is 0 Å². The number of esters is 1. The molecule has 3 heterocycles. The number of benzene rings is 1. The number of pyridine rings is 1. The summed E-state index contributed by atoms with van der Waals surface area (Å²) in [6.45, 7) is 2.01. The minimum atomic E-state index is -0.544. The quantitative estimate of drug-likeness (QED) is 0.310. The molecule has 9 heteroatoms. The highest BCUT2D eigenvalue weighted by molar-refractivity contribution is 6.21. The average molecular weight is 502 g/mol. The lowest BCUT2D eigenvalue weighted by Gasteiger charge is -2.36. The zero-order chi connectivity index (χ0) is 25.9. The highest BCUT2D eigenvalue weighted by Crippen LogP contribution is 2.43. The Labute approximate surface area is 214 Å². The number of ether oxygens (including phenoxy) is 2. The number of carbonyl (C=O) groups excluding carboxylic acids is 4. The molecule has 9 nitrogen and oxygen atoms in total. The van der Waals surface area contributed by atoms with Crippen molar-refractivity contribution >= 4 is 29.3 Å². The number of ketones is 1. The number of hydrogen-bond donors (Lipinski definition) is 0. The molecule has 2 aromatic rings. The van der Waals surface area contributed by atoms with E-state index in [4.69, 9.17) is 14.5 Å². The zero-order valence-corrected chi connectivity index (χ0v) is 20.5. The first kappa shape index (κ1) is 24.7. The van der Waals surface area contributed by atoms with Gasteiger partial charge in [-0.15, -0.1) is 0 Å². The second-order valence-electron chi connectivity index (χ2n) is 9.10. The number of Topliss-reactive ketones (excluding diaryl/α,β-unsaturated/α-hetero) is 1. The molecular weight excluding hydrogens is 474 g/mol. The van der Waals surface area contributed by atoms with E-state index in [2.05, 4.69) is 4.98 Å². The first-order chi connectivity index (χ1) is 18.0. The Balaban J connectivity index is 1.39. The number of imide groups is 1. The van der Waals surface area contributed by atoms with Crippen LogP contribution in [-0.4, -0.2) is 65.5 Å². The van der Waals surface area contributed by atoms with Crippen LogP contribution in [0.25, 0.3) is 0 Å². The molecule has 2 unspecified atom stereocenters. The summed E-state index contributed by atoms with van der Waals surface area (Å²) < 4.78 is 11.2. The van der Waals surface area contributed by atoms with Crippen LogP contribution in [-0.2, 0) is 19.1 Å². The molecule has 1 saturated carbocycles. The van der Waals surface area contributed by atoms with Crippen LogP contribution in [0.2, 0.25) is 0 Å². The minimum absolute atomic E-state index is 0.0245. The molecule has 37 heavy (non-hydrogen) atoms. The normalized spacial score (nSPS) is 21.1. The Hall–Kier alpha value is -3.98. The molecule has 0 N–H and O–H groups in total. The third kappa shape index (κ3) is 4.62. The van der Waals surface area contributed by atoms with Gasteiger partial charge in [-0.2, -0.15) is 0 Å². The molecule has 190 valence electrons. The summed E-state index contributed by atoms with van der Waals surface area (Å²) in [7, 11) is 0. The summed E-state index contributed by atoms with van der Waals surface area (Å²) in [6, 6.07) is 10.3. The summed E-state index contributed by atoms with van der Waals surface area (Å²) in [5.74, 6) is -2.26. The van der Waals surface area contributed by atoms with Gasteiger partial charge in [-0.1, -0.05) is 12.1 Å². The van der Waals surface area contributed by atoms with E-state index in [1.165, 1.54) is 0 Å². The largest absolute Gasteiger partial charge is 0.463 e. The van der Waals surface area contributed by atoms with Crippen LogP contribution in [0.4, 0.5) is 0 Å². The fourth-order valence-electron chi connectivity index (χ4n) is 5.28. The lowest BCUT2D eigenvalue weighted by molar-refractivity contribution is -0.139. The molecule has 2 aliphatic heterocycles. The molecule has 0 spiro atoms. The Kier molecular flexibility index (Phi) is 7.05. The van der Waals surface area contributed by atoms with E-state index in [1.54, 1.807) is 55.7 Å². The molecule has 1 aromatic heterocycles. The summed E-state index contributed by atoms with van der Waals surface area (Å²) >= 11 is 0. The number of fused-ring (bicyclic) bond motifs is 2. The van der Waals surface area contributed by atoms with Crippen LogP contribution >= 0.6 is 0 Å². The maximum Gasteiger partial charge on any atom is 0.336 e. The number of amides is 2. The van der Waals surface area contributed by atoms with Crippen molar-refractivity contribution in [1.29, 1.82) is 0 Å². The molecule has 1 fully saturated rings. The van der Waals surface area contributed by atoms with Crippen molar-refractivity contribution in [3.05, 3.63) is 76.8 Å². The van der Waals surface area contributed by atoms with Gasteiger partial charge in [0, 0.05) is 30.4 Å². The molecular formula is C28H27N3O6. The smallest absolute Gasteiger partial charge is 0.336 e. The SMILES string of the molecule is CCOC(=O)C1=C(COCCN2C(=O)c3ccccc3C2=O)N=C2CCCC(=O)C2C1c1ccncc1. The van der Waals surface area contributed by atoms with Crippen LogP contribution in [0.15, 0.2) is 65.1 Å². The zero-order valence-electron chi connectivity index (χ0n) is 20.5. The Morgan fingerprint density at radius 1 is 1.00 bits per heavy atom. The molecule has 1 aliphatic carbocycles. The predicted molar refractivity (Wildman–Crippen MR) is 133 cm³/mol. The summed E-state index contributed by atoms with van der Waals surface area (Å²) in [4.78, 5) is 61.5. The van der Waals surface area contributed by atoms with E-state index in [0.29, 0.717) is 41.7 Å². The maximum atomic E-state index is 13.2. The summed E-state index contributed by atoms with van der Waals surface area (Å²) in [6.07, 6.45) is 5.07. The third-order valence-corrected chi connectivity index (χ3v) is 6.93. The maximum absolute atomic E-state index is 13.2. The van der Waals surface area contributed by atoms with Gasteiger partial charge < -0.3 is 9.47 Å². The number of rotatable bonds is 8. The standard InChI is InChI=1S/C28H27N3O6/c1-2-37-28(35)25-21(16-36-15-14-31-26(33)18-6-3-4-7-19(18)27(31)34)30-20-8-5-9-22(32)24(20)23(25)17-10-12-29-13-11-17/h3-4,6-7,10-13,23-24H,2,5,8-9,14-16H2,1H3. The van der Waals surface area contributed by atoms with Gasteiger partial charge in [-0.3, -0.25) is 29.3 Å². The second kappa shape index (κ2) is 10.6. The summed E-state index contributed by atoms with van der Waals surface area (Å²) in [5.41, 5.74) is 3.00. The molecule has 1 aromatic carbocycles. The fourth-order valence-corrected chi connectivity index (χ4v) is 5.28. The molecule has 0 saturated heterocycles. The number of aliphatic imine (C=N–C) groups is 1. The molecule has 2 amide bonds. The van der Waals surface area contributed by atoms with E-state index in [-0.39, 0.29) is 44.0 Å². The Bertz CT molecular complexity index is 1280. The van der Waals surface area contributed by atoms with Crippen LogP contribution < -0.4 is 0 Å². The molecule has 0 bridgehead atoms. The fraction of sp³-hybridized carbons (Fsp3) is 0.357. The minimum Gasteiger partial charge on any atom is -0.463 e. The lowest BCUT2D eigenvalue weighted by atomic mass is 9.69. The Morgan fingerprint density at radius 3 is 2.38 bits per heavy atom. The van der Waals surface area contributed by atoms with Crippen LogP contribution in [0.3, 0.4) is 0 Å². The highest BCUT2D eigenvalue weighted by atomic mass is 16.5. The van der Waals surface area contributed by atoms with Gasteiger partial charge >= 0.3 is 5.97 Å². The second-order valence-corrected chi connectivity index (χ2v) is 9.10. The predicted octanol–water partition coefficient (Wildman–Crippen LogP) is 3.12. The van der Waals surface area contributed by atoms with Crippen molar-refractivity contribution in [2.75, 3.05) is 26.4 Å². The van der Waals surface area contributed by atoms with Crippen molar-refractivity contribution in [3.8, 4) is 0 Å². The number of nitrogens with zero attached hydrogens (tertiary/aromatic N) is 3. The molecule has 5 rings (SSSR count). The first-order valence-electron chi connectivity index (χ1n) is 12.4. The van der Waals surface area contributed by atoms with E-state index >= 15 is 0 Å². The first-order valence-corrected chi connectivity index (χ1v) is 12.4. The highest BCUT2D eigenvalue weighted by Gasteiger charge is 2.44. The van der Waals surface area contributed by atoms with Crippen molar-refractivity contribution < 1.29 is 28.7 Å². The monoisotopic (exact) mass is 501 g/mol. The van der Waals surface area contributed by atoms with Crippen LogP contribution in [0.1, 0.15) is 58.4 Å². The third-order valence-electron chi connectivity index (χ3n) is 6.93. The van der Waals surface area contributed by atoms with Gasteiger partial charge in [-0.25, -0.2) is 4.79 Å². The topological polar surface area (TPSA) is 115 Å². The van der Waals surface area contributed by atoms with Gasteiger partial charge in [0.1, 0.15) is 5.78 Å².